The number of oxime groups is 1. The molecule has 0 radical (unpaired) electrons. The van der Waals surface area contributed by atoms with Crippen LogP contribution in [0.4, 0.5) is 0 Å². The molecule has 1 atom stereocenters. The minimum Gasteiger partial charge on any atom is -0.392 e. The zero-order valence-corrected chi connectivity index (χ0v) is 10.6. The highest BCUT2D eigenvalue weighted by Crippen LogP contribution is 2.19. The monoisotopic (exact) mass is 231 g/mol. The van der Waals surface area contributed by atoms with Crippen molar-refractivity contribution < 1.29 is 4.84 Å². The zero-order valence-electron chi connectivity index (χ0n) is 10.6. The Morgan fingerprint density at radius 3 is 2.82 bits per heavy atom. The van der Waals surface area contributed by atoms with Gasteiger partial charge < -0.3 is 4.84 Å². The van der Waals surface area contributed by atoms with Gasteiger partial charge in [0.2, 0.25) is 0 Å². The SMILES string of the molecule is CCCC[C@H]1CC(CCc2ccccc2)=NO1. The lowest BCUT2D eigenvalue weighted by Crippen LogP contribution is -2.07. The van der Waals surface area contributed by atoms with Gasteiger partial charge in [-0.3, -0.25) is 0 Å². The molecule has 0 aliphatic carbocycles. The molecular weight excluding hydrogens is 210 g/mol. The summed E-state index contributed by atoms with van der Waals surface area (Å²) in [6.45, 7) is 2.21. The van der Waals surface area contributed by atoms with E-state index in [0.717, 1.165) is 25.7 Å². The summed E-state index contributed by atoms with van der Waals surface area (Å²) >= 11 is 0. The van der Waals surface area contributed by atoms with Crippen LogP contribution < -0.4 is 0 Å². The Kier molecular flexibility index (Phi) is 4.60. The van der Waals surface area contributed by atoms with Gasteiger partial charge in [0.15, 0.2) is 0 Å². The van der Waals surface area contributed by atoms with E-state index in [1.807, 2.05) is 0 Å². The van der Waals surface area contributed by atoms with Crippen LogP contribution in [0.1, 0.15) is 44.6 Å². The third-order valence-corrected chi connectivity index (χ3v) is 3.22. The van der Waals surface area contributed by atoms with Crippen molar-refractivity contribution in [1.29, 1.82) is 0 Å². The van der Waals surface area contributed by atoms with E-state index in [1.165, 1.54) is 24.1 Å². The van der Waals surface area contributed by atoms with Gasteiger partial charge in [0.05, 0.1) is 5.71 Å². The quantitative estimate of drug-likeness (QED) is 0.726. The number of unbranched alkanes of at least 4 members (excludes halogenated alkanes) is 1. The molecular formula is C15H21NO. The molecule has 17 heavy (non-hydrogen) atoms. The fourth-order valence-corrected chi connectivity index (χ4v) is 2.15. The molecule has 2 heteroatoms. The Morgan fingerprint density at radius 2 is 2.06 bits per heavy atom. The molecule has 1 heterocycles. The lowest BCUT2D eigenvalue weighted by Gasteiger charge is -2.05. The van der Waals surface area contributed by atoms with Crippen molar-refractivity contribution in [1.82, 2.24) is 0 Å². The summed E-state index contributed by atoms with van der Waals surface area (Å²) < 4.78 is 0. The highest BCUT2D eigenvalue weighted by molar-refractivity contribution is 5.85. The van der Waals surface area contributed by atoms with Crippen molar-refractivity contribution in [3.63, 3.8) is 0 Å². The van der Waals surface area contributed by atoms with Crippen molar-refractivity contribution >= 4 is 5.71 Å². The molecule has 0 saturated heterocycles. The van der Waals surface area contributed by atoms with E-state index in [2.05, 4.69) is 42.4 Å². The van der Waals surface area contributed by atoms with Gasteiger partial charge in [-0.25, -0.2) is 0 Å². The smallest absolute Gasteiger partial charge is 0.132 e. The molecule has 92 valence electrons. The highest BCUT2D eigenvalue weighted by Gasteiger charge is 2.19. The predicted octanol–water partition coefficient (Wildman–Crippen LogP) is 3.95. The average molecular weight is 231 g/mol. The normalized spacial score (nSPS) is 18.9. The molecule has 0 N–H and O–H groups in total. The number of benzene rings is 1. The molecule has 0 aromatic heterocycles. The number of hydrogen-bond donors (Lipinski definition) is 0. The second kappa shape index (κ2) is 6.43. The van der Waals surface area contributed by atoms with Gasteiger partial charge >= 0.3 is 0 Å². The third kappa shape index (κ3) is 3.88. The Bertz CT molecular complexity index is 358. The lowest BCUT2D eigenvalue weighted by atomic mass is 10.0. The number of nitrogens with zero attached hydrogens (tertiary/aromatic N) is 1. The molecule has 1 aliphatic rings. The molecule has 1 aliphatic heterocycles. The van der Waals surface area contributed by atoms with Crippen molar-refractivity contribution in [2.45, 2.75) is 51.6 Å². The van der Waals surface area contributed by atoms with E-state index < -0.39 is 0 Å². The fourth-order valence-electron chi connectivity index (χ4n) is 2.15. The molecule has 0 fully saturated rings. The molecule has 0 unspecified atom stereocenters. The van der Waals surface area contributed by atoms with E-state index in [0.29, 0.717) is 6.10 Å². The van der Waals surface area contributed by atoms with Crippen LogP contribution in [0, 0.1) is 0 Å². The van der Waals surface area contributed by atoms with Gasteiger partial charge in [0, 0.05) is 6.42 Å². The first-order chi connectivity index (χ1) is 8.38. The van der Waals surface area contributed by atoms with Gasteiger partial charge in [-0.2, -0.15) is 0 Å². The van der Waals surface area contributed by atoms with Crippen LogP contribution in [0.5, 0.6) is 0 Å². The molecule has 1 aromatic rings. The second-order valence-corrected chi connectivity index (χ2v) is 4.72. The van der Waals surface area contributed by atoms with Crippen LogP contribution in [0.15, 0.2) is 35.5 Å². The van der Waals surface area contributed by atoms with E-state index in [-0.39, 0.29) is 0 Å². The van der Waals surface area contributed by atoms with Gasteiger partial charge in [-0.1, -0.05) is 48.8 Å². The maximum Gasteiger partial charge on any atom is 0.132 e. The zero-order chi connectivity index (χ0) is 11.9. The van der Waals surface area contributed by atoms with Gasteiger partial charge in [-0.15, -0.1) is 0 Å². The molecule has 1 aromatic carbocycles. The van der Waals surface area contributed by atoms with Crippen LogP contribution in [-0.2, 0) is 11.3 Å². The Labute approximate surface area is 104 Å². The van der Waals surface area contributed by atoms with Crippen molar-refractivity contribution in [2.24, 2.45) is 5.16 Å². The largest absolute Gasteiger partial charge is 0.392 e. The molecule has 0 spiro atoms. The van der Waals surface area contributed by atoms with Crippen LogP contribution in [-0.4, -0.2) is 11.8 Å². The molecule has 2 nitrogen and oxygen atoms in total. The number of rotatable bonds is 6. The summed E-state index contributed by atoms with van der Waals surface area (Å²) in [6.07, 6.45) is 7.11. The maximum absolute atomic E-state index is 5.44. The first-order valence-electron chi connectivity index (χ1n) is 6.64. The highest BCUT2D eigenvalue weighted by atomic mass is 16.6. The Balaban J connectivity index is 1.71. The summed E-state index contributed by atoms with van der Waals surface area (Å²) in [5.74, 6) is 0. The predicted molar refractivity (Wildman–Crippen MR) is 71.2 cm³/mol. The molecule has 0 saturated carbocycles. The van der Waals surface area contributed by atoms with Gasteiger partial charge in [0.25, 0.3) is 0 Å². The van der Waals surface area contributed by atoms with E-state index in [1.54, 1.807) is 0 Å². The first-order valence-corrected chi connectivity index (χ1v) is 6.64. The topological polar surface area (TPSA) is 21.6 Å². The lowest BCUT2D eigenvalue weighted by molar-refractivity contribution is 0.0774. The van der Waals surface area contributed by atoms with E-state index in [4.69, 9.17) is 4.84 Å². The molecule has 0 amide bonds. The van der Waals surface area contributed by atoms with Crippen LogP contribution in [0.25, 0.3) is 0 Å². The fraction of sp³-hybridized carbons (Fsp3) is 0.533. The van der Waals surface area contributed by atoms with Crippen LogP contribution >= 0.6 is 0 Å². The molecule has 2 rings (SSSR count). The van der Waals surface area contributed by atoms with Crippen molar-refractivity contribution in [2.75, 3.05) is 0 Å². The summed E-state index contributed by atoms with van der Waals surface area (Å²) in [4.78, 5) is 5.44. The van der Waals surface area contributed by atoms with Gasteiger partial charge in [0.1, 0.15) is 6.10 Å². The third-order valence-electron chi connectivity index (χ3n) is 3.22. The standard InChI is InChI=1S/C15H21NO/c1-2-3-9-15-12-14(16-17-15)11-10-13-7-5-4-6-8-13/h4-8,15H,2-3,9-12H2,1H3/t15-/m0/s1. The summed E-state index contributed by atoms with van der Waals surface area (Å²) in [5, 5.41) is 4.20. The number of aryl methyl sites for hydroxylation is 1. The van der Waals surface area contributed by atoms with E-state index >= 15 is 0 Å². The summed E-state index contributed by atoms with van der Waals surface area (Å²) in [7, 11) is 0. The van der Waals surface area contributed by atoms with Crippen LogP contribution in [0.3, 0.4) is 0 Å². The first kappa shape index (κ1) is 12.2. The average Bonchev–Trinajstić information content (AvgIpc) is 2.83. The Hall–Kier alpha value is -1.31. The van der Waals surface area contributed by atoms with Crippen LogP contribution in [0.2, 0.25) is 0 Å². The summed E-state index contributed by atoms with van der Waals surface area (Å²) in [5.41, 5.74) is 2.61. The molecule has 0 bridgehead atoms. The number of hydrogen-bond acceptors (Lipinski definition) is 2. The second-order valence-electron chi connectivity index (χ2n) is 4.72. The van der Waals surface area contributed by atoms with E-state index in [9.17, 15) is 0 Å². The Morgan fingerprint density at radius 1 is 1.24 bits per heavy atom. The van der Waals surface area contributed by atoms with Crippen molar-refractivity contribution in [3.05, 3.63) is 35.9 Å². The van der Waals surface area contributed by atoms with Gasteiger partial charge in [-0.05, 0) is 31.2 Å². The minimum absolute atomic E-state index is 0.348. The van der Waals surface area contributed by atoms with Crippen molar-refractivity contribution in [3.8, 4) is 0 Å². The summed E-state index contributed by atoms with van der Waals surface area (Å²) in [6, 6.07) is 10.6. The minimum atomic E-state index is 0.348. The maximum atomic E-state index is 5.44.